The average Bonchev–Trinajstić information content (AvgIpc) is 3.12. The van der Waals surface area contributed by atoms with Crippen molar-refractivity contribution < 1.29 is 9.59 Å². The van der Waals surface area contributed by atoms with E-state index in [1.165, 1.54) is 44.9 Å². The molecule has 3 rings (SSSR count). The van der Waals surface area contributed by atoms with E-state index in [0.29, 0.717) is 0 Å². The SMILES string of the molecule is NCC(=O)NC(=O)C1CC12CCC1CCCCC1C2. The lowest BCUT2D eigenvalue weighted by Gasteiger charge is -2.40. The van der Waals surface area contributed by atoms with Crippen LogP contribution < -0.4 is 11.1 Å². The van der Waals surface area contributed by atoms with Crippen molar-refractivity contribution >= 4 is 11.8 Å². The fraction of sp³-hybridized carbons (Fsp3) is 0.867. The molecule has 3 fully saturated rings. The predicted molar refractivity (Wildman–Crippen MR) is 72.0 cm³/mol. The molecule has 4 atom stereocenters. The van der Waals surface area contributed by atoms with Gasteiger partial charge in [-0.3, -0.25) is 14.9 Å². The fourth-order valence-electron chi connectivity index (χ4n) is 4.53. The van der Waals surface area contributed by atoms with E-state index in [9.17, 15) is 9.59 Å². The predicted octanol–water partition coefficient (Wildman–Crippen LogP) is 1.58. The maximum Gasteiger partial charge on any atom is 0.240 e. The Morgan fingerprint density at radius 3 is 2.58 bits per heavy atom. The molecule has 2 amide bonds. The second kappa shape index (κ2) is 4.89. The molecule has 19 heavy (non-hydrogen) atoms. The molecular formula is C15H24N2O2. The monoisotopic (exact) mass is 264 g/mol. The number of carbonyl (C=O) groups is 2. The zero-order valence-electron chi connectivity index (χ0n) is 11.5. The van der Waals surface area contributed by atoms with Crippen LogP contribution >= 0.6 is 0 Å². The first-order chi connectivity index (χ1) is 9.14. The Labute approximate surface area is 114 Å². The quantitative estimate of drug-likeness (QED) is 0.795. The highest BCUT2D eigenvalue weighted by Crippen LogP contribution is 2.64. The molecule has 3 N–H and O–H groups in total. The summed E-state index contributed by atoms with van der Waals surface area (Å²) in [6, 6.07) is 0. The molecule has 0 aromatic carbocycles. The maximum absolute atomic E-state index is 12.0. The molecular weight excluding hydrogens is 240 g/mol. The third-order valence-electron chi connectivity index (χ3n) is 5.70. The van der Waals surface area contributed by atoms with Crippen LogP contribution in [0.4, 0.5) is 0 Å². The van der Waals surface area contributed by atoms with E-state index in [1.807, 2.05) is 0 Å². The minimum absolute atomic E-state index is 0.0749. The van der Waals surface area contributed by atoms with Gasteiger partial charge in [0.15, 0.2) is 0 Å². The van der Waals surface area contributed by atoms with Crippen molar-refractivity contribution in [1.82, 2.24) is 5.32 Å². The Hall–Kier alpha value is -0.900. The second-order valence-corrected chi connectivity index (χ2v) is 6.78. The summed E-state index contributed by atoms with van der Waals surface area (Å²) in [6.45, 7) is -0.101. The molecule has 4 heteroatoms. The average molecular weight is 264 g/mol. The maximum atomic E-state index is 12.0. The molecule has 0 aromatic rings. The van der Waals surface area contributed by atoms with Crippen LogP contribution in [0.5, 0.6) is 0 Å². The summed E-state index contributed by atoms with van der Waals surface area (Å²) in [7, 11) is 0. The highest BCUT2D eigenvalue weighted by atomic mass is 16.2. The lowest BCUT2D eigenvalue weighted by molar-refractivity contribution is -0.131. The van der Waals surface area contributed by atoms with Gasteiger partial charge in [0.2, 0.25) is 11.8 Å². The van der Waals surface area contributed by atoms with Gasteiger partial charge in [0.05, 0.1) is 6.54 Å². The zero-order chi connectivity index (χ0) is 13.5. The third-order valence-corrected chi connectivity index (χ3v) is 5.70. The Bertz CT molecular complexity index is 396. The topological polar surface area (TPSA) is 72.2 Å². The van der Waals surface area contributed by atoms with Crippen LogP contribution in [0.1, 0.15) is 51.4 Å². The highest BCUT2D eigenvalue weighted by molar-refractivity contribution is 5.98. The minimum Gasteiger partial charge on any atom is -0.322 e. The lowest BCUT2D eigenvalue weighted by Crippen LogP contribution is -2.38. The Kier molecular flexibility index (Phi) is 3.37. The van der Waals surface area contributed by atoms with Gasteiger partial charge in [0.1, 0.15) is 0 Å². The number of nitrogens with two attached hydrogens (primary N) is 1. The number of amides is 2. The Balaban J connectivity index is 1.58. The van der Waals surface area contributed by atoms with Gasteiger partial charge in [-0.1, -0.05) is 25.7 Å². The molecule has 3 aliphatic carbocycles. The summed E-state index contributed by atoms with van der Waals surface area (Å²) in [5, 5.41) is 2.43. The van der Waals surface area contributed by atoms with Gasteiger partial charge in [-0.15, -0.1) is 0 Å². The molecule has 106 valence electrons. The first-order valence-corrected chi connectivity index (χ1v) is 7.68. The minimum atomic E-state index is -0.349. The van der Waals surface area contributed by atoms with E-state index in [-0.39, 0.29) is 29.7 Å². The van der Waals surface area contributed by atoms with E-state index in [1.54, 1.807) is 0 Å². The van der Waals surface area contributed by atoms with Gasteiger partial charge in [0.25, 0.3) is 0 Å². The summed E-state index contributed by atoms with van der Waals surface area (Å²) in [6.07, 6.45) is 10.2. The van der Waals surface area contributed by atoms with E-state index in [2.05, 4.69) is 5.32 Å². The summed E-state index contributed by atoms with van der Waals surface area (Å²) < 4.78 is 0. The van der Waals surface area contributed by atoms with Crippen LogP contribution in [0, 0.1) is 23.2 Å². The molecule has 0 aromatic heterocycles. The Morgan fingerprint density at radius 2 is 1.84 bits per heavy atom. The molecule has 3 aliphatic rings. The molecule has 4 unspecified atom stereocenters. The van der Waals surface area contributed by atoms with E-state index in [0.717, 1.165) is 18.3 Å². The first kappa shape index (κ1) is 13.1. The smallest absolute Gasteiger partial charge is 0.240 e. The van der Waals surface area contributed by atoms with E-state index < -0.39 is 0 Å². The number of fused-ring (bicyclic) bond motifs is 1. The van der Waals surface area contributed by atoms with Crippen molar-refractivity contribution in [2.24, 2.45) is 28.9 Å². The standard InChI is InChI=1S/C15H24N2O2/c16-9-13(18)17-14(19)12-8-15(12)6-5-10-3-1-2-4-11(10)7-15/h10-12H,1-9,16H2,(H,17,18,19). The van der Waals surface area contributed by atoms with Crippen LogP contribution in [0.25, 0.3) is 0 Å². The van der Waals surface area contributed by atoms with Gasteiger partial charge in [0, 0.05) is 5.92 Å². The number of carbonyl (C=O) groups excluding carboxylic acids is 2. The van der Waals surface area contributed by atoms with Crippen LogP contribution in [0.3, 0.4) is 0 Å². The number of hydrogen-bond donors (Lipinski definition) is 2. The van der Waals surface area contributed by atoms with E-state index >= 15 is 0 Å². The van der Waals surface area contributed by atoms with Crippen LogP contribution in [-0.2, 0) is 9.59 Å². The molecule has 0 radical (unpaired) electrons. The van der Waals surface area contributed by atoms with Crippen molar-refractivity contribution in [2.45, 2.75) is 51.4 Å². The summed E-state index contributed by atoms with van der Waals surface area (Å²) in [5.41, 5.74) is 5.47. The highest BCUT2D eigenvalue weighted by Gasteiger charge is 2.60. The van der Waals surface area contributed by atoms with Gasteiger partial charge >= 0.3 is 0 Å². The van der Waals surface area contributed by atoms with Gasteiger partial charge in [-0.25, -0.2) is 0 Å². The summed E-state index contributed by atoms with van der Waals surface area (Å²) in [4.78, 5) is 23.2. The summed E-state index contributed by atoms with van der Waals surface area (Å²) >= 11 is 0. The van der Waals surface area contributed by atoms with Gasteiger partial charge in [-0.2, -0.15) is 0 Å². The molecule has 0 aliphatic heterocycles. The van der Waals surface area contributed by atoms with Gasteiger partial charge < -0.3 is 5.73 Å². The van der Waals surface area contributed by atoms with Gasteiger partial charge in [-0.05, 0) is 42.9 Å². The molecule has 4 nitrogen and oxygen atoms in total. The van der Waals surface area contributed by atoms with Crippen LogP contribution in [-0.4, -0.2) is 18.4 Å². The molecule has 1 spiro atoms. The first-order valence-electron chi connectivity index (χ1n) is 7.68. The number of hydrogen-bond acceptors (Lipinski definition) is 3. The molecule has 0 bridgehead atoms. The van der Waals surface area contributed by atoms with Crippen molar-refractivity contribution in [1.29, 1.82) is 0 Å². The Morgan fingerprint density at radius 1 is 1.11 bits per heavy atom. The van der Waals surface area contributed by atoms with Crippen LogP contribution in [0.2, 0.25) is 0 Å². The number of imide groups is 1. The number of nitrogens with one attached hydrogen (secondary N) is 1. The third kappa shape index (κ3) is 2.42. The largest absolute Gasteiger partial charge is 0.322 e. The molecule has 0 heterocycles. The molecule has 0 saturated heterocycles. The normalized spacial score (nSPS) is 40.6. The van der Waals surface area contributed by atoms with Crippen LogP contribution in [0.15, 0.2) is 0 Å². The number of rotatable bonds is 2. The molecule has 3 saturated carbocycles. The van der Waals surface area contributed by atoms with E-state index in [4.69, 9.17) is 5.73 Å². The second-order valence-electron chi connectivity index (χ2n) is 6.78. The van der Waals surface area contributed by atoms with Crippen molar-refractivity contribution in [2.75, 3.05) is 6.54 Å². The fourth-order valence-corrected chi connectivity index (χ4v) is 4.53. The van der Waals surface area contributed by atoms with Crippen molar-refractivity contribution in [3.8, 4) is 0 Å². The van der Waals surface area contributed by atoms with Crippen molar-refractivity contribution in [3.63, 3.8) is 0 Å². The zero-order valence-corrected chi connectivity index (χ0v) is 11.5. The summed E-state index contributed by atoms with van der Waals surface area (Å²) in [5.74, 6) is 1.40. The van der Waals surface area contributed by atoms with Crippen molar-refractivity contribution in [3.05, 3.63) is 0 Å². The lowest BCUT2D eigenvalue weighted by atomic mass is 9.65.